The zero-order valence-corrected chi connectivity index (χ0v) is 17.5. The minimum Gasteiger partial charge on any atom is -0.340 e. The molecule has 0 saturated heterocycles. The third-order valence-electron chi connectivity index (χ3n) is 3.72. The van der Waals surface area contributed by atoms with Crippen LogP contribution in [0.5, 0.6) is 0 Å². The molecule has 152 valence electrons. The van der Waals surface area contributed by atoms with Gasteiger partial charge in [-0.25, -0.2) is 4.98 Å². The van der Waals surface area contributed by atoms with Gasteiger partial charge in [-0.15, -0.1) is 36.2 Å². The van der Waals surface area contributed by atoms with Crippen LogP contribution in [0.3, 0.4) is 0 Å². The highest BCUT2D eigenvalue weighted by molar-refractivity contribution is 7.13. The van der Waals surface area contributed by atoms with Gasteiger partial charge in [0, 0.05) is 24.5 Å². The van der Waals surface area contributed by atoms with Crippen LogP contribution in [0.1, 0.15) is 29.9 Å². The molecular formula is C17H22Cl2F3N3OS. The molecule has 0 aliphatic heterocycles. The van der Waals surface area contributed by atoms with E-state index < -0.39 is 11.7 Å². The van der Waals surface area contributed by atoms with Crippen molar-refractivity contribution in [1.29, 1.82) is 0 Å². The van der Waals surface area contributed by atoms with Gasteiger partial charge < -0.3 is 10.6 Å². The lowest BCUT2D eigenvalue weighted by Crippen LogP contribution is -2.39. The maximum atomic E-state index is 12.8. The monoisotopic (exact) mass is 443 g/mol. The molecule has 2 rings (SSSR count). The second-order valence-corrected chi connectivity index (χ2v) is 7.50. The summed E-state index contributed by atoms with van der Waals surface area (Å²) in [5.74, 6) is -0.281. The summed E-state index contributed by atoms with van der Waals surface area (Å²) in [6.07, 6.45) is -4.42. The molecule has 1 amide bonds. The van der Waals surface area contributed by atoms with Gasteiger partial charge in [-0.3, -0.25) is 4.79 Å². The number of aromatic nitrogens is 1. The Balaban J connectivity index is 0.00000338. The number of hydrogen-bond acceptors (Lipinski definition) is 4. The van der Waals surface area contributed by atoms with Crippen molar-refractivity contribution >= 4 is 42.1 Å². The summed E-state index contributed by atoms with van der Waals surface area (Å²) in [4.78, 5) is 18.2. The van der Waals surface area contributed by atoms with Crippen molar-refractivity contribution in [2.45, 2.75) is 20.0 Å². The van der Waals surface area contributed by atoms with Crippen LogP contribution in [-0.4, -0.2) is 35.9 Å². The molecule has 0 bridgehead atoms. The van der Waals surface area contributed by atoms with Crippen LogP contribution in [-0.2, 0) is 6.18 Å². The summed E-state index contributed by atoms with van der Waals surface area (Å²) in [5, 5.41) is 1.94. The number of nitrogens with zero attached hydrogens (tertiary/aromatic N) is 2. The Bertz CT molecular complexity index is 766. The van der Waals surface area contributed by atoms with E-state index in [2.05, 4.69) is 4.98 Å². The Morgan fingerprint density at radius 3 is 2.44 bits per heavy atom. The lowest BCUT2D eigenvalue weighted by molar-refractivity contribution is -0.137. The lowest BCUT2D eigenvalue weighted by atomic mass is 9.93. The van der Waals surface area contributed by atoms with Gasteiger partial charge in [0.05, 0.1) is 5.56 Å². The van der Waals surface area contributed by atoms with Crippen LogP contribution in [0.2, 0.25) is 0 Å². The molecule has 2 aromatic rings. The van der Waals surface area contributed by atoms with Crippen molar-refractivity contribution < 1.29 is 18.0 Å². The van der Waals surface area contributed by atoms with E-state index in [-0.39, 0.29) is 41.8 Å². The molecular weight excluding hydrogens is 422 g/mol. The highest BCUT2D eigenvalue weighted by Gasteiger charge is 2.30. The Kier molecular flexibility index (Phi) is 9.24. The molecule has 0 unspecified atom stereocenters. The molecule has 1 heterocycles. The highest BCUT2D eigenvalue weighted by atomic mass is 35.5. The van der Waals surface area contributed by atoms with E-state index in [1.165, 1.54) is 11.0 Å². The smallest absolute Gasteiger partial charge is 0.340 e. The van der Waals surface area contributed by atoms with Crippen molar-refractivity contribution in [1.82, 2.24) is 9.88 Å². The van der Waals surface area contributed by atoms with Gasteiger partial charge in [-0.05, 0) is 24.1 Å². The van der Waals surface area contributed by atoms with Crippen LogP contribution in [0.15, 0.2) is 29.6 Å². The van der Waals surface area contributed by atoms with Crippen molar-refractivity contribution in [2.24, 2.45) is 11.1 Å². The summed E-state index contributed by atoms with van der Waals surface area (Å²) in [6.45, 7) is 4.79. The summed E-state index contributed by atoms with van der Waals surface area (Å²) < 4.78 is 38.5. The molecule has 0 radical (unpaired) electrons. The number of amides is 1. The Labute approximate surface area is 172 Å². The van der Waals surface area contributed by atoms with Crippen LogP contribution >= 0.6 is 36.2 Å². The van der Waals surface area contributed by atoms with E-state index in [1.54, 1.807) is 18.5 Å². The van der Waals surface area contributed by atoms with E-state index in [9.17, 15) is 18.0 Å². The summed E-state index contributed by atoms with van der Waals surface area (Å²) in [7, 11) is 1.66. The van der Waals surface area contributed by atoms with E-state index >= 15 is 0 Å². The Hall–Kier alpha value is -1.35. The van der Waals surface area contributed by atoms with Crippen molar-refractivity contribution in [3.63, 3.8) is 0 Å². The number of hydrogen-bond donors (Lipinski definition) is 1. The molecule has 0 spiro atoms. The average molecular weight is 444 g/mol. The summed E-state index contributed by atoms with van der Waals surface area (Å²) in [6, 6.07) is 4.92. The minimum atomic E-state index is -4.42. The third-order valence-corrected chi connectivity index (χ3v) is 4.62. The van der Waals surface area contributed by atoms with Gasteiger partial charge >= 0.3 is 6.18 Å². The molecule has 0 saturated carbocycles. The number of thiazole rings is 1. The molecule has 0 aliphatic rings. The predicted octanol–water partition coefficient (Wildman–Crippen LogP) is 4.73. The van der Waals surface area contributed by atoms with E-state index in [0.29, 0.717) is 23.7 Å². The largest absolute Gasteiger partial charge is 0.416 e. The van der Waals surface area contributed by atoms with Gasteiger partial charge in [-0.2, -0.15) is 13.2 Å². The molecule has 0 aliphatic carbocycles. The standard InChI is InChI=1S/C17H20F3N3OS.2ClH/c1-16(2,9-21)10-23(3)15(24)13-8-25-14(22-13)11-5-4-6-12(7-11)17(18,19)20;;/h4-8H,9-10,21H2,1-3H3;2*1H. The molecule has 1 aromatic carbocycles. The fourth-order valence-electron chi connectivity index (χ4n) is 2.31. The molecule has 0 fully saturated rings. The van der Waals surface area contributed by atoms with Gasteiger partial charge in [0.2, 0.25) is 0 Å². The van der Waals surface area contributed by atoms with Crippen LogP contribution in [0.25, 0.3) is 10.6 Å². The first kappa shape index (κ1) is 25.6. The SMILES string of the molecule is CN(CC(C)(C)CN)C(=O)c1csc(-c2cccc(C(F)(F)F)c2)n1.Cl.Cl. The van der Waals surface area contributed by atoms with Crippen LogP contribution < -0.4 is 5.73 Å². The number of alkyl halides is 3. The Morgan fingerprint density at radius 1 is 1.26 bits per heavy atom. The molecule has 2 N–H and O–H groups in total. The van der Waals surface area contributed by atoms with Gasteiger partial charge in [0.1, 0.15) is 10.7 Å². The average Bonchev–Trinajstić information content (AvgIpc) is 3.03. The number of rotatable bonds is 5. The second-order valence-electron chi connectivity index (χ2n) is 6.65. The van der Waals surface area contributed by atoms with Gasteiger partial charge in [0.15, 0.2) is 0 Å². The van der Waals surface area contributed by atoms with E-state index in [0.717, 1.165) is 23.5 Å². The number of carbonyl (C=O) groups excluding carboxylic acids is 1. The molecule has 10 heteroatoms. The first-order valence-corrected chi connectivity index (χ1v) is 8.50. The van der Waals surface area contributed by atoms with Gasteiger partial charge in [0.25, 0.3) is 5.91 Å². The van der Waals surface area contributed by atoms with Crippen molar-refractivity contribution in [2.75, 3.05) is 20.1 Å². The number of nitrogens with two attached hydrogens (primary N) is 1. The molecule has 0 atom stereocenters. The minimum absolute atomic E-state index is 0. The normalized spacial score (nSPS) is 11.4. The van der Waals surface area contributed by atoms with Crippen molar-refractivity contribution in [3.05, 3.63) is 40.9 Å². The molecule has 27 heavy (non-hydrogen) atoms. The first-order chi connectivity index (χ1) is 11.5. The van der Waals surface area contributed by atoms with Gasteiger partial charge in [-0.1, -0.05) is 26.0 Å². The Morgan fingerprint density at radius 2 is 1.89 bits per heavy atom. The third kappa shape index (κ3) is 6.64. The number of benzene rings is 1. The quantitative estimate of drug-likeness (QED) is 0.726. The van der Waals surface area contributed by atoms with Crippen LogP contribution in [0.4, 0.5) is 13.2 Å². The first-order valence-electron chi connectivity index (χ1n) is 7.62. The maximum absolute atomic E-state index is 12.8. The molecule has 4 nitrogen and oxygen atoms in total. The highest BCUT2D eigenvalue weighted by Crippen LogP contribution is 2.33. The van der Waals surface area contributed by atoms with Crippen LogP contribution in [0, 0.1) is 5.41 Å². The topological polar surface area (TPSA) is 59.2 Å². The fraction of sp³-hybridized carbons (Fsp3) is 0.412. The predicted molar refractivity (Wildman–Crippen MR) is 107 cm³/mol. The fourth-order valence-corrected chi connectivity index (χ4v) is 3.10. The zero-order valence-electron chi connectivity index (χ0n) is 15.0. The summed E-state index contributed by atoms with van der Waals surface area (Å²) in [5.41, 5.74) is 5.26. The lowest BCUT2D eigenvalue weighted by Gasteiger charge is -2.28. The number of halogens is 5. The maximum Gasteiger partial charge on any atom is 0.416 e. The van der Waals surface area contributed by atoms with E-state index in [1.807, 2.05) is 13.8 Å². The van der Waals surface area contributed by atoms with E-state index in [4.69, 9.17) is 5.73 Å². The molecule has 1 aromatic heterocycles. The van der Waals surface area contributed by atoms with Crippen molar-refractivity contribution in [3.8, 4) is 10.6 Å². The second kappa shape index (κ2) is 9.73. The number of carbonyl (C=O) groups is 1. The zero-order chi connectivity index (χ0) is 18.8. The summed E-state index contributed by atoms with van der Waals surface area (Å²) >= 11 is 1.14.